The summed E-state index contributed by atoms with van der Waals surface area (Å²) in [5, 5.41) is 6.16. The van der Waals surface area contributed by atoms with Gasteiger partial charge in [-0.25, -0.2) is 4.98 Å². The van der Waals surface area contributed by atoms with Crippen LogP contribution >= 0.6 is 0 Å². The van der Waals surface area contributed by atoms with E-state index >= 15 is 0 Å². The van der Waals surface area contributed by atoms with Gasteiger partial charge in [-0.2, -0.15) is 13.2 Å². The van der Waals surface area contributed by atoms with E-state index in [-0.39, 0.29) is 24.2 Å². The van der Waals surface area contributed by atoms with Crippen LogP contribution in [0.25, 0.3) is 10.9 Å². The molecule has 7 nitrogen and oxygen atoms in total. The van der Waals surface area contributed by atoms with Crippen LogP contribution in [-0.4, -0.2) is 27.8 Å². The molecule has 0 spiro atoms. The van der Waals surface area contributed by atoms with E-state index in [4.69, 9.17) is 5.73 Å². The molecule has 0 bridgehead atoms. The SMILES string of the molecule is Nc1ccc(CNC(=O)[C@H](Cc2cccc(C(F)(F)F)c2)NC(=O)c2cc3ccccc3[nH]2)cn1. The lowest BCUT2D eigenvalue weighted by atomic mass is 10.0. The lowest BCUT2D eigenvalue weighted by molar-refractivity contribution is -0.137. The van der Waals surface area contributed by atoms with E-state index in [0.29, 0.717) is 11.4 Å². The lowest BCUT2D eigenvalue weighted by Gasteiger charge is -2.19. The number of alkyl halides is 3. The number of para-hydroxylation sites is 1. The number of nitrogen functional groups attached to an aromatic ring is 1. The number of aromatic nitrogens is 2. The van der Waals surface area contributed by atoms with E-state index in [2.05, 4.69) is 20.6 Å². The number of carbonyl (C=O) groups excluding carboxylic acids is 2. The first kappa shape index (κ1) is 23.8. The van der Waals surface area contributed by atoms with Gasteiger partial charge >= 0.3 is 6.18 Å². The van der Waals surface area contributed by atoms with Crippen molar-refractivity contribution in [2.45, 2.75) is 25.2 Å². The maximum atomic E-state index is 13.2. The number of halogens is 3. The van der Waals surface area contributed by atoms with Gasteiger partial charge in [0.1, 0.15) is 17.6 Å². The number of nitrogens with one attached hydrogen (secondary N) is 3. The van der Waals surface area contributed by atoms with Gasteiger partial charge in [-0.1, -0.05) is 42.5 Å². The number of anilines is 1. The second-order valence-electron chi connectivity index (χ2n) is 8.01. The predicted octanol–water partition coefficient (Wildman–Crippen LogP) is 3.82. The Morgan fingerprint density at radius 3 is 2.51 bits per heavy atom. The van der Waals surface area contributed by atoms with Crippen LogP contribution in [0.15, 0.2) is 72.9 Å². The number of hydrogen-bond donors (Lipinski definition) is 4. The maximum Gasteiger partial charge on any atom is 0.416 e. The molecule has 0 saturated heterocycles. The van der Waals surface area contributed by atoms with Crippen LogP contribution in [-0.2, 0) is 23.9 Å². The van der Waals surface area contributed by atoms with Gasteiger partial charge in [0.15, 0.2) is 0 Å². The molecule has 0 unspecified atom stereocenters. The number of fused-ring (bicyclic) bond motifs is 1. The van der Waals surface area contributed by atoms with Crippen LogP contribution in [0, 0.1) is 0 Å². The van der Waals surface area contributed by atoms with Crippen LogP contribution in [0.1, 0.15) is 27.2 Å². The minimum Gasteiger partial charge on any atom is -0.384 e. The number of hydrogen-bond acceptors (Lipinski definition) is 4. The topological polar surface area (TPSA) is 113 Å². The van der Waals surface area contributed by atoms with Crippen molar-refractivity contribution in [1.82, 2.24) is 20.6 Å². The summed E-state index contributed by atoms with van der Waals surface area (Å²) < 4.78 is 39.5. The molecule has 180 valence electrons. The van der Waals surface area contributed by atoms with Gasteiger partial charge in [0.2, 0.25) is 5.91 Å². The Hall–Kier alpha value is -4.34. The van der Waals surface area contributed by atoms with E-state index in [9.17, 15) is 22.8 Å². The van der Waals surface area contributed by atoms with Crippen molar-refractivity contribution in [2.75, 3.05) is 5.73 Å². The third kappa shape index (κ3) is 5.97. The Morgan fingerprint density at radius 2 is 1.80 bits per heavy atom. The van der Waals surface area contributed by atoms with E-state index in [0.717, 1.165) is 23.0 Å². The summed E-state index contributed by atoms with van der Waals surface area (Å²) in [5.74, 6) is -0.778. The summed E-state index contributed by atoms with van der Waals surface area (Å²) >= 11 is 0. The minimum atomic E-state index is -4.52. The van der Waals surface area contributed by atoms with Crippen molar-refractivity contribution in [2.24, 2.45) is 0 Å². The van der Waals surface area contributed by atoms with Crippen LogP contribution in [0.2, 0.25) is 0 Å². The van der Waals surface area contributed by atoms with Crippen molar-refractivity contribution in [3.63, 3.8) is 0 Å². The first-order valence-corrected chi connectivity index (χ1v) is 10.7. The normalized spacial score (nSPS) is 12.3. The van der Waals surface area contributed by atoms with Crippen molar-refractivity contribution in [3.05, 3.63) is 95.3 Å². The van der Waals surface area contributed by atoms with E-state index in [1.807, 2.05) is 18.2 Å². The molecule has 0 aliphatic heterocycles. The Balaban J connectivity index is 1.54. The van der Waals surface area contributed by atoms with Gasteiger partial charge < -0.3 is 21.4 Å². The molecule has 10 heteroatoms. The van der Waals surface area contributed by atoms with E-state index < -0.39 is 29.6 Å². The molecule has 35 heavy (non-hydrogen) atoms. The number of pyridine rings is 1. The van der Waals surface area contributed by atoms with E-state index in [1.165, 1.54) is 18.3 Å². The summed E-state index contributed by atoms with van der Waals surface area (Å²) in [6, 6.07) is 15.7. The molecular weight excluding hydrogens is 459 g/mol. The Bertz CT molecular complexity index is 1320. The van der Waals surface area contributed by atoms with E-state index in [1.54, 1.807) is 24.3 Å². The molecule has 2 heterocycles. The molecule has 0 aliphatic carbocycles. The third-order valence-electron chi connectivity index (χ3n) is 5.40. The zero-order valence-electron chi connectivity index (χ0n) is 18.4. The fourth-order valence-electron chi connectivity index (χ4n) is 3.60. The maximum absolute atomic E-state index is 13.2. The van der Waals surface area contributed by atoms with Crippen molar-refractivity contribution < 1.29 is 22.8 Å². The third-order valence-corrected chi connectivity index (χ3v) is 5.40. The van der Waals surface area contributed by atoms with Gasteiger partial charge in [-0.3, -0.25) is 9.59 Å². The average Bonchev–Trinajstić information content (AvgIpc) is 3.27. The summed E-state index contributed by atoms with van der Waals surface area (Å²) in [6.07, 6.45) is -3.16. The monoisotopic (exact) mass is 481 g/mol. The molecule has 0 saturated carbocycles. The fraction of sp³-hybridized carbons (Fsp3) is 0.160. The van der Waals surface area contributed by atoms with Crippen LogP contribution in [0.4, 0.5) is 19.0 Å². The second kappa shape index (κ2) is 9.88. The number of amides is 2. The van der Waals surface area contributed by atoms with Gasteiger partial charge in [0.05, 0.1) is 5.56 Å². The quantitative estimate of drug-likeness (QED) is 0.321. The predicted molar refractivity (Wildman–Crippen MR) is 125 cm³/mol. The number of carbonyl (C=O) groups is 2. The smallest absolute Gasteiger partial charge is 0.384 e. The standard InChI is InChI=1S/C25H22F3N5O2/c26-25(27,28)18-6-3-4-15(10-18)11-20(23(34)31-14-16-8-9-22(29)30-13-16)33-24(35)21-12-17-5-1-2-7-19(17)32-21/h1-10,12-13,20,32H,11,14H2,(H2,29,30)(H,31,34)(H,33,35)/t20-/m0/s1. The molecule has 2 aromatic heterocycles. The molecule has 0 aliphatic rings. The van der Waals surface area contributed by atoms with Gasteiger partial charge in [-0.05, 0) is 35.4 Å². The van der Waals surface area contributed by atoms with Crippen molar-refractivity contribution >= 4 is 28.5 Å². The molecule has 4 aromatic rings. The lowest BCUT2D eigenvalue weighted by Crippen LogP contribution is -2.48. The Morgan fingerprint density at radius 1 is 1.00 bits per heavy atom. The summed E-state index contributed by atoms with van der Waals surface area (Å²) in [7, 11) is 0. The summed E-state index contributed by atoms with van der Waals surface area (Å²) in [4.78, 5) is 32.9. The number of rotatable bonds is 7. The summed E-state index contributed by atoms with van der Waals surface area (Å²) in [5.41, 5.74) is 6.64. The number of nitrogens with two attached hydrogens (primary N) is 1. The molecule has 4 rings (SSSR count). The zero-order valence-corrected chi connectivity index (χ0v) is 18.4. The number of H-pyrrole nitrogens is 1. The Labute approximate surface area is 198 Å². The summed E-state index contributed by atoms with van der Waals surface area (Å²) in [6.45, 7) is 0.105. The molecule has 0 radical (unpaired) electrons. The highest BCUT2D eigenvalue weighted by atomic mass is 19.4. The molecule has 5 N–H and O–H groups in total. The van der Waals surface area contributed by atoms with Gasteiger partial charge in [0.25, 0.3) is 5.91 Å². The minimum absolute atomic E-state index is 0.105. The number of aromatic amines is 1. The second-order valence-corrected chi connectivity index (χ2v) is 8.01. The van der Waals surface area contributed by atoms with Crippen molar-refractivity contribution in [1.29, 1.82) is 0 Å². The molecule has 2 aromatic carbocycles. The highest BCUT2D eigenvalue weighted by Crippen LogP contribution is 2.29. The van der Waals surface area contributed by atoms with Crippen LogP contribution < -0.4 is 16.4 Å². The van der Waals surface area contributed by atoms with Gasteiger partial charge in [-0.15, -0.1) is 0 Å². The first-order chi connectivity index (χ1) is 16.7. The fourth-order valence-corrected chi connectivity index (χ4v) is 3.60. The first-order valence-electron chi connectivity index (χ1n) is 10.7. The molecular formula is C25H22F3N5O2. The number of nitrogens with zero attached hydrogens (tertiary/aromatic N) is 1. The van der Waals surface area contributed by atoms with Crippen LogP contribution in [0.3, 0.4) is 0 Å². The molecule has 2 amide bonds. The highest BCUT2D eigenvalue weighted by molar-refractivity contribution is 6.00. The molecule has 0 fully saturated rings. The zero-order chi connectivity index (χ0) is 25.0. The van der Waals surface area contributed by atoms with Crippen LogP contribution in [0.5, 0.6) is 0 Å². The number of benzene rings is 2. The Kier molecular flexibility index (Phi) is 6.72. The van der Waals surface area contributed by atoms with Gasteiger partial charge in [0, 0.05) is 30.1 Å². The largest absolute Gasteiger partial charge is 0.416 e. The van der Waals surface area contributed by atoms with Crippen molar-refractivity contribution in [3.8, 4) is 0 Å². The highest BCUT2D eigenvalue weighted by Gasteiger charge is 2.31. The molecule has 1 atom stereocenters. The average molecular weight is 481 g/mol.